The SMILES string of the molecule is COc1cc(C)c2c(=O)c3ccccc3n(C)c2c1. The van der Waals surface area contributed by atoms with Crippen LogP contribution in [0.2, 0.25) is 0 Å². The summed E-state index contributed by atoms with van der Waals surface area (Å²) in [5.41, 5.74) is 2.87. The number of aryl methyl sites for hydroxylation is 2. The highest BCUT2D eigenvalue weighted by Gasteiger charge is 2.11. The highest BCUT2D eigenvalue weighted by atomic mass is 16.5. The molecule has 0 atom stereocenters. The molecule has 0 bridgehead atoms. The van der Waals surface area contributed by atoms with Crippen molar-refractivity contribution in [3.63, 3.8) is 0 Å². The molecule has 0 saturated carbocycles. The molecule has 0 aliphatic carbocycles. The average molecular weight is 253 g/mol. The van der Waals surface area contributed by atoms with Crippen molar-refractivity contribution in [1.82, 2.24) is 4.57 Å². The maximum Gasteiger partial charge on any atom is 0.197 e. The van der Waals surface area contributed by atoms with Crippen LogP contribution in [0.25, 0.3) is 21.8 Å². The Bertz CT molecular complexity index is 847. The molecular weight excluding hydrogens is 238 g/mol. The third-order valence-electron chi connectivity index (χ3n) is 3.62. The summed E-state index contributed by atoms with van der Waals surface area (Å²) in [6.45, 7) is 1.95. The summed E-state index contributed by atoms with van der Waals surface area (Å²) in [5, 5.41) is 1.52. The van der Waals surface area contributed by atoms with Gasteiger partial charge in [0.2, 0.25) is 0 Å². The van der Waals surface area contributed by atoms with Crippen LogP contribution in [0, 0.1) is 6.92 Å². The zero-order valence-corrected chi connectivity index (χ0v) is 11.2. The minimum Gasteiger partial charge on any atom is -0.497 e. The van der Waals surface area contributed by atoms with Crippen LogP contribution in [0.1, 0.15) is 5.56 Å². The van der Waals surface area contributed by atoms with Crippen LogP contribution in [-0.2, 0) is 7.05 Å². The third-order valence-corrected chi connectivity index (χ3v) is 3.62. The number of aromatic nitrogens is 1. The number of hydrogen-bond donors (Lipinski definition) is 0. The molecule has 0 radical (unpaired) electrons. The standard InChI is InChI=1S/C16H15NO2/c1-10-8-11(19-3)9-14-15(10)16(18)12-6-4-5-7-13(12)17(14)2/h4-9H,1-3H3. The smallest absolute Gasteiger partial charge is 0.197 e. The molecule has 0 saturated heterocycles. The molecule has 0 fully saturated rings. The Kier molecular flexibility index (Phi) is 2.56. The van der Waals surface area contributed by atoms with Crippen molar-refractivity contribution in [2.24, 2.45) is 7.05 Å². The molecule has 0 aliphatic heterocycles. The van der Waals surface area contributed by atoms with E-state index < -0.39 is 0 Å². The fourth-order valence-corrected chi connectivity index (χ4v) is 2.64. The minimum atomic E-state index is 0.0869. The summed E-state index contributed by atoms with van der Waals surface area (Å²) in [7, 11) is 3.61. The summed E-state index contributed by atoms with van der Waals surface area (Å²) >= 11 is 0. The molecule has 0 spiro atoms. The fourth-order valence-electron chi connectivity index (χ4n) is 2.64. The van der Waals surface area contributed by atoms with E-state index in [0.29, 0.717) is 0 Å². The van der Waals surface area contributed by atoms with Gasteiger partial charge in [-0.2, -0.15) is 0 Å². The zero-order chi connectivity index (χ0) is 13.6. The number of benzene rings is 2. The maximum absolute atomic E-state index is 12.6. The van der Waals surface area contributed by atoms with Gasteiger partial charge in [-0.05, 0) is 30.7 Å². The van der Waals surface area contributed by atoms with Crippen molar-refractivity contribution >= 4 is 21.8 Å². The number of para-hydroxylation sites is 1. The van der Waals surface area contributed by atoms with Gasteiger partial charge in [0, 0.05) is 23.9 Å². The van der Waals surface area contributed by atoms with Crippen LogP contribution < -0.4 is 10.2 Å². The van der Waals surface area contributed by atoms with Gasteiger partial charge >= 0.3 is 0 Å². The number of fused-ring (bicyclic) bond motifs is 2. The van der Waals surface area contributed by atoms with Gasteiger partial charge in [0.1, 0.15) is 5.75 Å². The van der Waals surface area contributed by atoms with Gasteiger partial charge < -0.3 is 9.30 Å². The molecule has 19 heavy (non-hydrogen) atoms. The average Bonchev–Trinajstić information content (AvgIpc) is 2.44. The second-order valence-corrected chi connectivity index (χ2v) is 4.74. The fraction of sp³-hybridized carbons (Fsp3) is 0.188. The zero-order valence-electron chi connectivity index (χ0n) is 11.2. The summed E-state index contributed by atoms with van der Waals surface area (Å²) in [6, 6.07) is 11.5. The van der Waals surface area contributed by atoms with E-state index in [-0.39, 0.29) is 5.43 Å². The molecular formula is C16H15NO2. The Balaban J connectivity index is 2.64. The number of rotatable bonds is 1. The first kappa shape index (κ1) is 11.8. The van der Waals surface area contributed by atoms with Crippen molar-refractivity contribution < 1.29 is 4.74 Å². The van der Waals surface area contributed by atoms with E-state index in [0.717, 1.165) is 33.1 Å². The van der Waals surface area contributed by atoms with Crippen molar-refractivity contribution in [1.29, 1.82) is 0 Å². The Morgan fingerprint density at radius 1 is 1.11 bits per heavy atom. The van der Waals surface area contributed by atoms with Crippen LogP contribution in [0.3, 0.4) is 0 Å². The van der Waals surface area contributed by atoms with E-state index in [9.17, 15) is 4.79 Å². The monoisotopic (exact) mass is 253 g/mol. The van der Waals surface area contributed by atoms with E-state index in [1.54, 1.807) is 7.11 Å². The first-order valence-corrected chi connectivity index (χ1v) is 6.19. The largest absolute Gasteiger partial charge is 0.497 e. The first-order chi connectivity index (χ1) is 9.13. The van der Waals surface area contributed by atoms with Gasteiger partial charge in [0.15, 0.2) is 5.43 Å². The number of pyridine rings is 1. The highest BCUT2D eigenvalue weighted by molar-refractivity contribution is 5.95. The van der Waals surface area contributed by atoms with Gasteiger partial charge in [-0.25, -0.2) is 0 Å². The molecule has 1 heterocycles. The molecule has 3 nitrogen and oxygen atoms in total. The van der Waals surface area contributed by atoms with Crippen molar-refractivity contribution in [2.75, 3.05) is 7.11 Å². The topological polar surface area (TPSA) is 31.2 Å². The number of nitrogens with zero attached hydrogens (tertiary/aromatic N) is 1. The lowest BCUT2D eigenvalue weighted by molar-refractivity contribution is 0.415. The summed E-state index contributed by atoms with van der Waals surface area (Å²) < 4.78 is 7.34. The quantitative estimate of drug-likeness (QED) is 0.624. The van der Waals surface area contributed by atoms with Crippen molar-refractivity contribution in [3.8, 4) is 5.75 Å². The van der Waals surface area contributed by atoms with Gasteiger partial charge in [0.25, 0.3) is 0 Å². The normalized spacial score (nSPS) is 11.1. The molecule has 96 valence electrons. The van der Waals surface area contributed by atoms with E-state index >= 15 is 0 Å². The van der Waals surface area contributed by atoms with Crippen LogP contribution in [0.5, 0.6) is 5.75 Å². The van der Waals surface area contributed by atoms with Crippen LogP contribution in [0.15, 0.2) is 41.2 Å². The number of methoxy groups -OCH3 is 1. The molecule has 0 N–H and O–H groups in total. The van der Waals surface area contributed by atoms with Crippen molar-refractivity contribution in [2.45, 2.75) is 6.92 Å². The Labute approximate surface area is 111 Å². The van der Waals surface area contributed by atoms with Crippen LogP contribution >= 0.6 is 0 Å². The van der Waals surface area contributed by atoms with Crippen molar-refractivity contribution in [3.05, 3.63) is 52.2 Å². The van der Waals surface area contributed by atoms with E-state index in [1.807, 2.05) is 54.9 Å². The second kappa shape index (κ2) is 4.12. The Hall–Kier alpha value is -2.29. The minimum absolute atomic E-state index is 0.0869. The van der Waals surface area contributed by atoms with Gasteiger partial charge in [-0.15, -0.1) is 0 Å². The number of ether oxygens (including phenoxy) is 1. The summed E-state index contributed by atoms with van der Waals surface area (Å²) in [4.78, 5) is 12.6. The van der Waals surface area contributed by atoms with E-state index in [4.69, 9.17) is 4.74 Å². The highest BCUT2D eigenvalue weighted by Crippen LogP contribution is 2.25. The molecule has 0 unspecified atom stereocenters. The Morgan fingerprint density at radius 2 is 1.84 bits per heavy atom. The van der Waals surface area contributed by atoms with Gasteiger partial charge in [0.05, 0.1) is 18.1 Å². The maximum atomic E-state index is 12.6. The lowest BCUT2D eigenvalue weighted by Crippen LogP contribution is -2.10. The van der Waals surface area contributed by atoms with E-state index in [1.165, 1.54) is 0 Å². The molecule has 0 amide bonds. The third kappa shape index (κ3) is 1.62. The van der Waals surface area contributed by atoms with Gasteiger partial charge in [-0.3, -0.25) is 4.79 Å². The molecule has 3 heteroatoms. The molecule has 2 aromatic carbocycles. The summed E-state index contributed by atoms with van der Waals surface area (Å²) in [6.07, 6.45) is 0. The Morgan fingerprint density at radius 3 is 2.58 bits per heavy atom. The first-order valence-electron chi connectivity index (χ1n) is 6.19. The molecule has 3 aromatic rings. The lowest BCUT2D eigenvalue weighted by atomic mass is 10.0. The predicted octanol–water partition coefficient (Wildman–Crippen LogP) is 3.01. The summed E-state index contributed by atoms with van der Waals surface area (Å²) in [5.74, 6) is 0.773. The van der Waals surface area contributed by atoms with Crippen LogP contribution in [0.4, 0.5) is 0 Å². The van der Waals surface area contributed by atoms with Gasteiger partial charge in [-0.1, -0.05) is 12.1 Å². The second-order valence-electron chi connectivity index (χ2n) is 4.74. The lowest BCUT2D eigenvalue weighted by Gasteiger charge is -2.13. The molecule has 1 aromatic heterocycles. The predicted molar refractivity (Wildman–Crippen MR) is 78.0 cm³/mol. The number of hydrogen-bond acceptors (Lipinski definition) is 2. The van der Waals surface area contributed by atoms with Crippen LogP contribution in [-0.4, -0.2) is 11.7 Å². The molecule has 0 aliphatic rings. The molecule has 3 rings (SSSR count). The van der Waals surface area contributed by atoms with E-state index in [2.05, 4.69) is 0 Å².